The molecule has 1 amide bonds. The molecular weight excluding hydrogens is 491 g/mol. The van der Waals surface area contributed by atoms with Crippen LogP contribution in [0.3, 0.4) is 0 Å². The molecule has 0 aliphatic heterocycles. The lowest BCUT2D eigenvalue weighted by Gasteiger charge is -2.14. The van der Waals surface area contributed by atoms with Crippen LogP contribution in [0.15, 0.2) is 44.4 Å². The van der Waals surface area contributed by atoms with E-state index in [1.807, 2.05) is 0 Å². The van der Waals surface area contributed by atoms with Gasteiger partial charge in [0.15, 0.2) is 5.75 Å². The van der Waals surface area contributed by atoms with Gasteiger partial charge in [-0.2, -0.15) is 0 Å². The Morgan fingerprint density at radius 2 is 1.97 bits per heavy atom. The SMILES string of the molecule is Cc1c(Cc2ccc(F)c(S(=O)(=O)NCCO)c2)c(=O)oc2cc(OC(=O)N(C)C)c(Cl)cc12. The molecule has 0 radical (unpaired) electrons. The molecule has 182 valence electrons. The maximum absolute atomic E-state index is 14.2. The van der Waals surface area contributed by atoms with Crippen LogP contribution in [0.25, 0.3) is 11.0 Å². The van der Waals surface area contributed by atoms with E-state index in [0.717, 1.165) is 12.1 Å². The number of sulfonamides is 1. The number of ether oxygens (including phenoxy) is 1. The number of rotatable bonds is 7. The van der Waals surface area contributed by atoms with Crippen LogP contribution in [0.2, 0.25) is 5.02 Å². The van der Waals surface area contributed by atoms with Crippen LogP contribution in [-0.2, 0) is 16.4 Å². The third kappa shape index (κ3) is 5.39. The summed E-state index contributed by atoms with van der Waals surface area (Å²) in [5, 5.41) is 9.46. The molecule has 0 unspecified atom stereocenters. The second kappa shape index (κ2) is 10.1. The van der Waals surface area contributed by atoms with Gasteiger partial charge in [0, 0.05) is 44.1 Å². The van der Waals surface area contributed by atoms with Crippen molar-refractivity contribution in [3.8, 4) is 5.75 Å². The predicted molar refractivity (Wildman–Crippen MR) is 123 cm³/mol. The highest BCUT2D eigenvalue weighted by molar-refractivity contribution is 7.89. The molecule has 0 atom stereocenters. The lowest BCUT2D eigenvalue weighted by atomic mass is 9.99. The van der Waals surface area contributed by atoms with Crippen molar-refractivity contribution < 1.29 is 31.9 Å². The van der Waals surface area contributed by atoms with Gasteiger partial charge in [0.2, 0.25) is 10.0 Å². The van der Waals surface area contributed by atoms with Crippen LogP contribution in [0, 0.1) is 12.7 Å². The third-order valence-corrected chi connectivity index (χ3v) is 6.74. The second-order valence-electron chi connectivity index (χ2n) is 7.60. The highest BCUT2D eigenvalue weighted by Crippen LogP contribution is 2.32. The largest absolute Gasteiger partial charge is 0.422 e. The maximum Gasteiger partial charge on any atom is 0.414 e. The van der Waals surface area contributed by atoms with Gasteiger partial charge in [0.05, 0.1) is 11.6 Å². The molecule has 1 heterocycles. The van der Waals surface area contributed by atoms with Crippen LogP contribution in [0.1, 0.15) is 16.7 Å². The van der Waals surface area contributed by atoms with Gasteiger partial charge in [0.1, 0.15) is 16.3 Å². The van der Waals surface area contributed by atoms with E-state index < -0.39 is 39.1 Å². The minimum Gasteiger partial charge on any atom is -0.422 e. The highest BCUT2D eigenvalue weighted by atomic mass is 35.5. The Kier molecular flexibility index (Phi) is 7.61. The van der Waals surface area contributed by atoms with Crippen LogP contribution in [0.5, 0.6) is 5.75 Å². The molecule has 1 aromatic heterocycles. The average molecular weight is 513 g/mol. The minimum atomic E-state index is -4.20. The summed E-state index contributed by atoms with van der Waals surface area (Å²) in [6, 6.07) is 6.31. The summed E-state index contributed by atoms with van der Waals surface area (Å²) in [7, 11) is -1.19. The van der Waals surface area contributed by atoms with E-state index in [9.17, 15) is 22.4 Å². The van der Waals surface area contributed by atoms with Crippen LogP contribution in [-0.4, -0.2) is 51.8 Å². The van der Waals surface area contributed by atoms with E-state index >= 15 is 0 Å². The van der Waals surface area contributed by atoms with Crippen LogP contribution < -0.4 is 15.1 Å². The molecule has 0 fully saturated rings. The average Bonchev–Trinajstić information content (AvgIpc) is 2.77. The van der Waals surface area contributed by atoms with Crippen molar-refractivity contribution in [3.63, 3.8) is 0 Å². The minimum absolute atomic E-state index is 0.0203. The van der Waals surface area contributed by atoms with Gasteiger partial charge in [-0.1, -0.05) is 17.7 Å². The van der Waals surface area contributed by atoms with Gasteiger partial charge in [-0.15, -0.1) is 0 Å². The van der Waals surface area contributed by atoms with Gasteiger partial charge in [-0.05, 0) is 36.2 Å². The molecule has 9 nitrogen and oxygen atoms in total. The summed E-state index contributed by atoms with van der Waals surface area (Å²) in [5.74, 6) is -0.949. The Labute approximate surface area is 199 Å². The number of aliphatic hydroxyl groups is 1. The number of halogens is 2. The quantitative estimate of drug-likeness (QED) is 0.466. The van der Waals surface area contributed by atoms with Gasteiger partial charge in [-0.3, -0.25) is 0 Å². The highest BCUT2D eigenvalue weighted by Gasteiger charge is 2.21. The van der Waals surface area contributed by atoms with Gasteiger partial charge >= 0.3 is 11.7 Å². The van der Waals surface area contributed by atoms with Crippen LogP contribution in [0.4, 0.5) is 9.18 Å². The molecule has 3 aromatic rings. The van der Waals surface area contributed by atoms with E-state index in [1.54, 1.807) is 6.92 Å². The van der Waals surface area contributed by atoms with E-state index in [0.29, 0.717) is 16.5 Å². The van der Waals surface area contributed by atoms with Crippen molar-refractivity contribution in [1.82, 2.24) is 9.62 Å². The molecule has 0 aliphatic carbocycles. The smallest absolute Gasteiger partial charge is 0.414 e. The first kappa shape index (κ1) is 25.6. The number of aliphatic hydroxyl groups excluding tert-OH is 1. The topological polar surface area (TPSA) is 126 Å². The molecular formula is C22H22ClFN2O7S. The number of carbonyl (C=O) groups is 1. The summed E-state index contributed by atoms with van der Waals surface area (Å²) in [5.41, 5.74) is 0.547. The molecule has 0 saturated carbocycles. The third-order valence-electron chi connectivity index (χ3n) is 4.97. The fourth-order valence-corrected chi connectivity index (χ4v) is 4.53. The number of benzene rings is 2. The lowest BCUT2D eigenvalue weighted by molar-refractivity contribution is 0.172. The van der Waals surface area contributed by atoms with Crippen molar-refractivity contribution in [2.75, 3.05) is 27.2 Å². The molecule has 34 heavy (non-hydrogen) atoms. The maximum atomic E-state index is 14.2. The fourth-order valence-electron chi connectivity index (χ4n) is 3.18. The number of aryl methyl sites for hydroxylation is 1. The first-order chi connectivity index (χ1) is 15.9. The predicted octanol–water partition coefficient (Wildman–Crippen LogP) is 2.82. The molecule has 2 N–H and O–H groups in total. The number of hydrogen-bond donors (Lipinski definition) is 2. The molecule has 12 heteroatoms. The summed E-state index contributed by atoms with van der Waals surface area (Å²) in [4.78, 5) is 25.2. The lowest BCUT2D eigenvalue weighted by Crippen LogP contribution is -2.27. The van der Waals surface area contributed by atoms with Crippen molar-refractivity contribution in [2.45, 2.75) is 18.2 Å². The van der Waals surface area contributed by atoms with Gasteiger partial charge in [0.25, 0.3) is 0 Å². The van der Waals surface area contributed by atoms with Crippen molar-refractivity contribution >= 4 is 38.7 Å². The summed E-state index contributed by atoms with van der Waals surface area (Å²) in [6.07, 6.45) is -0.700. The monoisotopic (exact) mass is 512 g/mol. The van der Waals surface area contributed by atoms with Crippen molar-refractivity contribution in [3.05, 3.63) is 68.3 Å². The summed E-state index contributed by atoms with van der Waals surface area (Å²) >= 11 is 6.26. The Hall–Kier alpha value is -2.99. The fraction of sp³-hybridized carbons (Fsp3) is 0.273. The van der Waals surface area contributed by atoms with Gasteiger partial charge < -0.3 is 19.2 Å². The second-order valence-corrected chi connectivity index (χ2v) is 9.74. The Morgan fingerprint density at radius 1 is 1.26 bits per heavy atom. The van der Waals surface area contributed by atoms with Crippen LogP contribution >= 0.6 is 11.6 Å². The number of carbonyl (C=O) groups excluding carboxylic acids is 1. The number of amides is 1. The first-order valence-electron chi connectivity index (χ1n) is 9.98. The molecule has 2 aromatic carbocycles. The summed E-state index contributed by atoms with van der Waals surface area (Å²) in [6.45, 7) is 0.947. The zero-order valence-corrected chi connectivity index (χ0v) is 20.1. The first-order valence-corrected chi connectivity index (χ1v) is 11.8. The van der Waals surface area contributed by atoms with E-state index in [1.165, 1.54) is 37.2 Å². The van der Waals surface area contributed by atoms with E-state index in [-0.39, 0.29) is 34.9 Å². The number of nitrogens with one attached hydrogen (secondary N) is 1. The molecule has 0 bridgehead atoms. The Bertz CT molecular complexity index is 1420. The van der Waals surface area contributed by atoms with Crippen molar-refractivity contribution in [1.29, 1.82) is 0 Å². The Morgan fingerprint density at radius 3 is 2.62 bits per heavy atom. The Balaban J connectivity index is 2.02. The van der Waals surface area contributed by atoms with Gasteiger partial charge in [-0.25, -0.2) is 27.1 Å². The number of fused-ring (bicyclic) bond motifs is 1. The number of nitrogens with zero attached hydrogens (tertiary/aromatic N) is 1. The number of hydrogen-bond acceptors (Lipinski definition) is 7. The zero-order chi connectivity index (χ0) is 25.2. The summed E-state index contributed by atoms with van der Waals surface area (Å²) < 4.78 is 51.5. The normalized spacial score (nSPS) is 11.6. The van der Waals surface area contributed by atoms with Crippen molar-refractivity contribution in [2.24, 2.45) is 0 Å². The molecule has 0 spiro atoms. The van der Waals surface area contributed by atoms with E-state index in [4.69, 9.17) is 25.9 Å². The molecule has 0 aliphatic rings. The molecule has 3 rings (SSSR count). The molecule has 0 saturated heterocycles. The van der Waals surface area contributed by atoms with E-state index in [2.05, 4.69) is 4.72 Å². The zero-order valence-electron chi connectivity index (χ0n) is 18.5. The standard InChI is InChI=1S/C22H22ClFN2O7S/c1-12-14-10-16(23)19(33-22(29)26(2)3)11-18(14)32-21(28)15(12)8-13-4-5-17(24)20(9-13)34(30,31)25-6-7-27/h4-5,9-11,25,27H,6-8H2,1-3H3.